The van der Waals surface area contributed by atoms with Crippen LogP contribution in [0.25, 0.3) is 11.1 Å². The van der Waals surface area contributed by atoms with Crippen molar-refractivity contribution < 1.29 is 19.1 Å². The number of alkyl carbamates (subject to hydrolysis) is 1. The number of aliphatic hydroxyl groups is 1. The smallest absolute Gasteiger partial charge is 0.407 e. The quantitative estimate of drug-likeness (QED) is 0.880. The molecular formula is C17H24N2O4. The molecule has 0 fully saturated rings. The Bertz CT molecular complexity index is 627. The summed E-state index contributed by atoms with van der Waals surface area (Å²) in [7, 11) is 0. The average Bonchev–Trinajstić information content (AvgIpc) is 2.88. The summed E-state index contributed by atoms with van der Waals surface area (Å²) in [6.07, 6.45) is -0.224. The summed E-state index contributed by atoms with van der Waals surface area (Å²) in [6.45, 7) is 7.35. The summed E-state index contributed by atoms with van der Waals surface area (Å²) in [5.74, 6) is 0.195. The molecule has 0 saturated carbocycles. The number of oxazole rings is 1. The number of fused-ring (bicyclic) bond motifs is 1. The maximum Gasteiger partial charge on any atom is 0.407 e. The molecule has 2 aromatic rings. The maximum absolute atomic E-state index is 12.0. The summed E-state index contributed by atoms with van der Waals surface area (Å²) >= 11 is 0. The zero-order chi connectivity index (χ0) is 17.0. The fraction of sp³-hybridized carbons (Fsp3) is 0.529. The summed E-state index contributed by atoms with van der Waals surface area (Å²) in [5.41, 5.74) is 0.687. The summed E-state index contributed by atoms with van der Waals surface area (Å²) < 4.78 is 10.8. The number of aromatic nitrogens is 1. The van der Waals surface area contributed by atoms with Crippen LogP contribution in [0.5, 0.6) is 0 Å². The van der Waals surface area contributed by atoms with Gasteiger partial charge in [-0.15, -0.1) is 0 Å². The van der Waals surface area contributed by atoms with E-state index in [4.69, 9.17) is 9.15 Å². The predicted octanol–water partition coefficient (Wildman–Crippen LogP) is 3.55. The van der Waals surface area contributed by atoms with Crippen molar-refractivity contribution in [2.75, 3.05) is 0 Å². The van der Waals surface area contributed by atoms with Gasteiger partial charge in [0.25, 0.3) is 0 Å². The molecule has 0 aliphatic rings. The number of amides is 1. The molecule has 126 valence electrons. The third kappa shape index (κ3) is 4.69. The first-order valence-electron chi connectivity index (χ1n) is 7.83. The van der Waals surface area contributed by atoms with Crippen LogP contribution in [0.2, 0.25) is 0 Å². The minimum Gasteiger partial charge on any atom is -0.444 e. The zero-order valence-electron chi connectivity index (χ0n) is 14.0. The lowest BCUT2D eigenvalue weighted by atomic mass is 10.1. The Kier molecular flexibility index (Phi) is 5.26. The molecule has 1 aromatic heterocycles. The highest BCUT2D eigenvalue weighted by Crippen LogP contribution is 2.24. The van der Waals surface area contributed by atoms with Gasteiger partial charge in [-0.05, 0) is 39.3 Å². The summed E-state index contributed by atoms with van der Waals surface area (Å²) in [5, 5.41) is 13.2. The van der Waals surface area contributed by atoms with Crippen molar-refractivity contribution in [3.63, 3.8) is 0 Å². The molecule has 0 radical (unpaired) electrons. The van der Waals surface area contributed by atoms with Crippen LogP contribution in [-0.2, 0) is 4.74 Å². The first-order valence-corrected chi connectivity index (χ1v) is 7.83. The minimum absolute atomic E-state index is 0.195. The van der Waals surface area contributed by atoms with Gasteiger partial charge in [0.1, 0.15) is 11.1 Å². The first-order chi connectivity index (χ1) is 10.8. The number of hydrogen-bond acceptors (Lipinski definition) is 5. The molecule has 1 amide bonds. The van der Waals surface area contributed by atoms with E-state index in [1.807, 2.05) is 25.1 Å². The van der Waals surface area contributed by atoms with Crippen LogP contribution in [0.4, 0.5) is 4.79 Å². The van der Waals surface area contributed by atoms with Crippen molar-refractivity contribution in [2.45, 2.75) is 58.3 Å². The van der Waals surface area contributed by atoms with E-state index in [0.717, 1.165) is 6.42 Å². The number of nitrogens with one attached hydrogen (secondary N) is 1. The molecule has 6 nitrogen and oxygen atoms in total. The number of benzene rings is 1. The van der Waals surface area contributed by atoms with Crippen LogP contribution in [0.1, 0.15) is 52.5 Å². The lowest BCUT2D eigenvalue weighted by Gasteiger charge is -2.25. The zero-order valence-corrected chi connectivity index (χ0v) is 14.0. The normalized spacial score (nSPS) is 14.5. The third-order valence-electron chi connectivity index (χ3n) is 3.25. The number of nitrogens with zero attached hydrogens (tertiary/aromatic N) is 1. The highest BCUT2D eigenvalue weighted by Gasteiger charge is 2.28. The van der Waals surface area contributed by atoms with Gasteiger partial charge in [-0.25, -0.2) is 9.78 Å². The van der Waals surface area contributed by atoms with E-state index in [-0.39, 0.29) is 5.89 Å². The second-order valence-electron chi connectivity index (χ2n) is 6.51. The molecule has 23 heavy (non-hydrogen) atoms. The standard InChI is InChI=1S/C17H24N2O4/c1-5-8-12(19-16(21)23-17(2,3)4)14(20)15-18-11-9-6-7-10-13(11)22-15/h6-7,9-10,12,14,20H,5,8H2,1-4H3,(H,19,21)/t12?,14-/m0/s1. The fourth-order valence-electron chi connectivity index (χ4n) is 2.27. The van der Waals surface area contributed by atoms with E-state index in [2.05, 4.69) is 10.3 Å². The Balaban J connectivity index is 2.14. The monoisotopic (exact) mass is 320 g/mol. The van der Waals surface area contributed by atoms with Gasteiger partial charge >= 0.3 is 6.09 Å². The van der Waals surface area contributed by atoms with Crippen molar-refractivity contribution in [1.29, 1.82) is 0 Å². The lowest BCUT2D eigenvalue weighted by Crippen LogP contribution is -2.42. The van der Waals surface area contributed by atoms with Crippen LogP contribution in [0, 0.1) is 0 Å². The molecule has 6 heteroatoms. The van der Waals surface area contributed by atoms with Crippen LogP contribution >= 0.6 is 0 Å². The number of hydrogen-bond donors (Lipinski definition) is 2. The number of ether oxygens (including phenoxy) is 1. The maximum atomic E-state index is 12.0. The number of aliphatic hydroxyl groups excluding tert-OH is 1. The van der Waals surface area contributed by atoms with Gasteiger partial charge in [-0.1, -0.05) is 25.5 Å². The van der Waals surface area contributed by atoms with Gasteiger partial charge in [0.15, 0.2) is 11.7 Å². The van der Waals surface area contributed by atoms with E-state index in [0.29, 0.717) is 17.5 Å². The highest BCUT2D eigenvalue weighted by molar-refractivity contribution is 5.72. The van der Waals surface area contributed by atoms with E-state index >= 15 is 0 Å². The van der Waals surface area contributed by atoms with E-state index in [9.17, 15) is 9.90 Å². The molecule has 1 heterocycles. The average molecular weight is 320 g/mol. The van der Waals surface area contributed by atoms with Crippen molar-refractivity contribution in [3.05, 3.63) is 30.2 Å². The Morgan fingerprint density at radius 2 is 2.09 bits per heavy atom. The number of carbonyl (C=O) groups excluding carboxylic acids is 1. The largest absolute Gasteiger partial charge is 0.444 e. The number of carbonyl (C=O) groups is 1. The van der Waals surface area contributed by atoms with E-state index < -0.39 is 23.8 Å². The molecular weight excluding hydrogens is 296 g/mol. The topological polar surface area (TPSA) is 84.6 Å². The van der Waals surface area contributed by atoms with Crippen molar-refractivity contribution >= 4 is 17.2 Å². The number of para-hydroxylation sites is 2. The molecule has 0 spiro atoms. The number of rotatable bonds is 5. The van der Waals surface area contributed by atoms with Crippen LogP contribution in [0.15, 0.2) is 28.7 Å². The highest BCUT2D eigenvalue weighted by atomic mass is 16.6. The van der Waals surface area contributed by atoms with Gasteiger partial charge in [0, 0.05) is 0 Å². The Labute approximate surface area is 135 Å². The van der Waals surface area contributed by atoms with Gasteiger partial charge in [0.2, 0.25) is 5.89 Å². The summed E-state index contributed by atoms with van der Waals surface area (Å²) in [6, 6.07) is 6.76. The first kappa shape index (κ1) is 17.3. The molecule has 1 unspecified atom stereocenters. The Hall–Kier alpha value is -2.08. The second kappa shape index (κ2) is 7.00. The Morgan fingerprint density at radius 1 is 1.39 bits per heavy atom. The van der Waals surface area contributed by atoms with Crippen LogP contribution in [-0.4, -0.2) is 27.8 Å². The van der Waals surface area contributed by atoms with Gasteiger partial charge < -0.3 is 19.6 Å². The van der Waals surface area contributed by atoms with Gasteiger partial charge in [0.05, 0.1) is 6.04 Å². The van der Waals surface area contributed by atoms with Crippen molar-refractivity contribution in [3.8, 4) is 0 Å². The van der Waals surface area contributed by atoms with Crippen molar-refractivity contribution in [1.82, 2.24) is 10.3 Å². The molecule has 0 saturated heterocycles. The van der Waals surface area contributed by atoms with Crippen LogP contribution < -0.4 is 5.32 Å². The Morgan fingerprint density at radius 3 is 2.70 bits per heavy atom. The van der Waals surface area contributed by atoms with Gasteiger partial charge in [-0.2, -0.15) is 0 Å². The third-order valence-corrected chi connectivity index (χ3v) is 3.25. The fourth-order valence-corrected chi connectivity index (χ4v) is 2.27. The molecule has 1 aromatic carbocycles. The van der Waals surface area contributed by atoms with Gasteiger partial charge in [-0.3, -0.25) is 0 Å². The van der Waals surface area contributed by atoms with E-state index in [1.54, 1.807) is 26.8 Å². The molecule has 2 rings (SSSR count). The molecule has 0 aliphatic carbocycles. The molecule has 2 N–H and O–H groups in total. The second-order valence-corrected chi connectivity index (χ2v) is 6.51. The molecule has 0 aliphatic heterocycles. The lowest BCUT2D eigenvalue weighted by molar-refractivity contribution is 0.0381. The molecule has 0 bridgehead atoms. The van der Waals surface area contributed by atoms with E-state index in [1.165, 1.54) is 0 Å². The van der Waals surface area contributed by atoms with Crippen LogP contribution in [0.3, 0.4) is 0 Å². The minimum atomic E-state index is -1.03. The molecule has 2 atom stereocenters. The SMILES string of the molecule is CCCC(NC(=O)OC(C)(C)C)[C@H](O)c1nc2ccccc2o1. The van der Waals surface area contributed by atoms with Crippen molar-refractivity contribution in [2.24, 2.45) is 0 Å². The predicted molar refractivity (Wildman–Crippen MR) is 87.0 cm³/mol. The summed E-state index contributed by atoms with van der Waals surface area (Å²) in [4.78, 5) is 16.2.